The molecule has 0 aliphatic heterocycles. The van der Waals surface area contributed by atoms with E-state index < -0.39 is 0 Å². The van der Waals surface area contributed by atoms with Crippen LogP contribution in [0.3, 0.4) is 0 Å². The number of hydrogen-bond acceptors (Lipinski definition) is 5. The van der Waals surface area contributed by atoms with Gasteiger partial charge in [0, 0.05) is 0 Å². The quantitative estimate of drug-likeness (QED) is 0.389. The zero-order valence-corrected chi connectivity index (χ0v) is 5.20. The summed E-state index contributed by atoms with van der Waals surface area (Å²) in [4.78, 5) is 3.56. The fraction of sp³-hybridized carbons (Fsp3) is 0. The lowest BCUT2D eigenvalue weighted by Crippen LogP contribution is -2.01. The molecule has 1 aromatic heterocycles. The summed E-state index contributed by atoms with van der Waals surface area (Å²) in [5.74, 6) is -0.0120. The molecule has 5 heteroatoms. The monoisotopic (exact) mass is 140 g/mol. The van der Waals surface area contributed by atoms with Crippen molar-refractivity contribution in [1.82, 2.24) is 4.98 Å². The standard InChI is InChI=1S/C5H8N4O/c6-3-2(10)1-9-5(8)4(3)7/h1,10H,7H2,(H4,6,8,9). The van der Waals surface area contributed by atoms with Crippen molar-refractivity contribution in [3.63, 3.8) is 0 Å². The number of hydrogen-bond donors (Lipinski definition) is 4. The highest BCUT2D eigenvalue weighted by Gasteiger charge is 2.04. The highest BCUT2D eigenvalue weighted by atomic mass is 16.3. The summed E-state index contributed by atoms with van der Waals surface area (Å²) in [7, 11) is 0. The lowest BCUT2D eigenvalue weighted by Gasteiger charge is -2.03. The van der Waals surface area contributed by atoms with Gasteiger partial charge in [-0.1, -0.05) is 0 Å². The van der Waals surface area contributed by atoms with E-state index in [2.05, 4.69) is 4.98 Å². The minimum Gasteiger partial charge on any atom is -0.504 e. The molecule has 1 heterocycles. The average molecular weight is 140 g/mol. The number of nitrogens with zero attached hydrogens (tertiary/aromatic N) is 1. The predicted octanol–water partition coefficient (Wildman–Crippen LogP) is -0.466. The molecule has 0 spiro atoms. The van der Waals surface area contributed by atoms with Crippen molar-refractivity contribution in [3.8, 4) is 5.75 Å². The van der Waals surface area contributed by atoms with Gasteiger partial charge >= 0.3 is 0 Å². The first-order valence-electron chi connectivity index (χ1n) is 2.61. The van der Waals surface area contributed by atoms with Gasteiger partial charge < -0.3 is 22.3 Å². The molecule has 0 saturated carbocycles. The molecule has 1 rings (SSSR count). The van der Waals surface area contributed by atoms with Gasteiger partial charge in [0.25, 0.3) is 0 Å². The van der Waals surface area contributed by atoms with E-state index in [4.69, 9.17) is 22.3 Å². The second-order valence-corrected chi connectivity index (χ2v) is 1.86. The number of rotatable bonds is 0. The maximum atomic E-state index is 8.90. The third-order valence-electron chi connectivity index (χ3n) is 1.17. The van der Waals surface area contributed by atoms with Gasteiger partial charge in [0.2, 0.25) is 0 Å². The second kappa shape index (κ2) is 1.94. The van der Waals surface area contributed by atoms with Crippen LogP contribution in [0.2, 0.25) is 0 Å². The minimum atomic E-state index is -0.147. The molecule has 7 N–H and O–H groups in total. The molecule has 0 saturated heterocycles. The first-order chi connectivity index (χ1) is 4.63. The molecular weight excluding hydrogens is 132 g/mol. The summed E-state index contributed by atoms with van der Waals surface area (Å²) in [5, 5.41) is 8.90. The smallest absolute Gasteiger partial charge is 0.159 e. The van der Waals surface area contributed by atoms with Crippen molar-refractivity contribution in [2.75, 3.05) is 17.2 Å². The van der Waals surface area contributed by atoms with Crippen molar-refractivity contribution in [3.05, 3.63) is 6.20 Å². The summed E-state index contributed by atoms with van der Waals surface area (Å²) in [6.45, 7) is 0. The van der Waals surface area contributed by atoms with Gasteiger partial charge in [0.1, 0.15) is 17.2 Å². The Labute approximate surface area is 57.5 Å². The van der Waals surface area contributed by atoms with Gasteiger partial charge in [-0.25, -0.2) is 4.98 Å². The van der Waals surface area contributed by atoms with Gasteiger partial charge in [-0.2, -0.15) is 0 Å². The minimum absolute atomic E-state index is 0.0764. The van der Waals surface area contributed by atoms with Gasteiger partial charge in [0.05, 0.1) is 6.20 Å². The van der Waals surface area contributed by atoms with Crippen molar-refractivity contribution in [2.45, 2.75) is 0 Å². The van der Waals surface area contributed by atoms with Crippen molar-refractivity contribution >= 4 is 17.2 Å². The lowest BCUT2D eigenvalue weighted by atomic mass is 10.3. The fourth-order valence-electron chi connectivity index (χ4n) is 0.546. The molecule has 0 unspecified atom stereocenters. The summed E-state index contributed by atoms with van der Waals surface area (Å²) >= 11 is 0. The zero-order valence-electron chi connectivity index (χ0n) is 5.20. The summed E-state index contributed by atoms with van der Waals surface area (Å²) in [6.07, 6.45) is 1.15. The lowest BCUT2D eigenvalue weighted by molar-refractivity contribution is 0.476. The van der Waals surface area contributed by atoms with Crippen LogP contribution >= 0.6 is 0 Å². The van der Waals surface area contributed by atoms with Crippen LogP contribution in [0.4, 0.5) is 17.2 Å². The van der Waals surface area contributed by atoms with Crippen LogP contribution < -0.4 is 17.2 Å². The van der Waals surface area contributed by atoms with Crippen molar-refractivity contribution < 1.29 is 5.11 Å². The Morgan fingerprint density at radius 2 is 1.80 bits per heavy atom. The van der Waals surface area contributed by atoms with Crippen molar-refractivity contribution in [2.24, 2.45) is 0 Å². The molecule has 54 valence electrons. The van der Waals surface area contributed by atoms with Crippen LogP contribution in [-0.4, -0.2) is 10.1 Å². The molecule has 1 aromatic rings. The first-order valence-corrected chi connectivity index (χ1v) is 2.61. The summed E-state index contributed by atoms with van der Waals surface area (Å²) in [6, 6.07) is 0. The number of aromatic nitrogens is 1. The van der Waals surface area contributed by atoms with Crippen LogP contribution in [0.5, 0.6) is 5.75 Å². The van der Waals surface area contributed by atoms with Crippen molar-refractivity contribution in [1.29, 1.82) is 0 Å². The van der Waals surface area contributed by atoms with Crippen LogP contribution in [0.1, 0.15) is 0 Å². The van der Waals surface area contributed by atoms with E-state index in [1.165, 1.54) is 0 Å². The Bertz CT molecular complexity index is 233. The van der Waals surface area contributed by atoms with E-state index in [0.717, 1.165) is 6.20 Å². The normalized spacial score (nSPS) is 9.60. The molecule has 0 aliphatic rings. The fourth-order valence-corrected chi connectivity index (χ4v) is 0.546. The predicted molar refractivity (Wildman–Crippen MR) is 39.1 cm³/mol. The number of nitrogen functional groups attached to an aromatic ring is 3. The molecule has 10 heavy (non-hydrogen) atoms. The van der Waals surface area contributed by atoms with Crippen LogP contribution in [0, 0.1) is 0 Å². The van der Waals surface area contributed by atoms with E-state index in [1.807, 2.05) is 0 Å². The first kappa shape index (κ1) is 6.47. The summed E-state index contributed by atoms with van der Waals surface area (Å²) < 4.78 is 0. The molecule has 0 atom stereocenters. The van der Waals surface area contributed by atoms with Crippen LogP contribution in [0.25, 0.3) is 0 Å². The third kappa shape index (κ3) is 0.771. The number of nitrogens with two attached hydrogens (primary N) is 3. The van der Waals surface area contributed by atoms with Gasteiger partial charge in [-0.05, 0) is 0 Å². The van der Waals surface area contributed by atoms with Gasteiger partial charge in [-0.3, -0.25) is 0 Å². The molecule has 5 nitrogen and oxygen atoms in total. The maximum Gasteiger partial charge on any atom is 0.159 e. The summed E-state index contributed by atoms with van der Waals surface area (Å²) in [5.41, 5.74) is 16.1. The Balaban J connectivity index is 3.34. The Morgan fingerprint density at radius 1 is 1.20 bits per heavy atom. The maximum absolute atomic E-state index is 8.90. The largest absolute Gasteiger partial charge is 0.504 e. The second-order valence-electron chi connectivity index (χ2n) is 1.86. The SMILES string of the molecule is Nc1ncc(O)c(N)c1N. The molecule has 0 radical (unpaired) electrons. The average Bonchev–Trinajstić information content (AvgIpc) is 1.93. The third-order valence-corrected chi connectivity index (χ3v) is 1.17. The topological polar surface area (TPSA) is 111 Å². The molecule has 0 fully saturated rings. The van der Waals surface area contributed by atoms with E-state index in [1.54, 1.807) is 0 Å². The Kier molecular flexibility index (Phi) is 1.26. The van der Waals surface area contributed by atoms with E-state index >= 15 is 0 Å². The van der Waals surface area contributed by atoms with Gasteiger partial charge in [0.15, 0.2) is 5.75 Å². The Morgan fingerprint density at radius 3 is 2.30 bits per heavy atom. The molecule has 0 aromatic carbocycles. The van der Waals surface area contributed by atoms with E-state index in [9.17, 15) is 0 Å². The molecule has 0 amide bonds. The van der Waals surface area contributed by atoms with Gasteiger partial charge in [-0.15, -0.1) is 0 Å². The van der Waals surface area contributed by atoms with Crippen LogP contribution in [0.15, 0.2) is 6.20 Å². The number of anilines is 3. The highest BCUT2D eigenvalue weighted by Crippen LogP contribution is 2.28. The number of pyridine rings is 1. The number of aromatic hydroxyl groups is 1. The molecule has 0 bridgehead atoms. The van der Waals surface area contributed by atoms with Crippen LogP contribution in [-0.2, 0) is 0 Å². The Hall–Kier alpha value is -1.65. The van der Waals surface area contributed by atoms with E-state index in [0.29, 0.717) is 0 Å². The molecule has 0 aliphatic carbocycles. The molecular formula is C5H8N4O. The highest BCUT2D eigenvalue weighted by molar-refractivity contribution is 5.78. The zero-order chi connectivity index (χ0) is 7.72. The van der Waals surface area contributed by atoms with E-state index in [-0.39, 0.29) is 22.9 Å².